The van der Waals surface area contributed by atoms with Crippen LogP contribution in [0, 0.1) is 0 Å². The summed E-state index contributed by atoms with van der Waals surface area (Å²) in [4.78, 5) is 35.7. The van der Waals surface area contributed by atoms with Gasteiger partial charge in [0.05, 0.1) is 6.61 Å². The molecule has 0 aliphatic heterocycles. The third-order valence-electron chi connectivity index (χ3n) is 11.6. The van der Waals surface area contributed by atoms with E-state index < -0.39 is 75.7 Å². The lowest BCUT2D eigenvalue weighted by atomic mass is 9.85. The Balaban J connectivity index is 2.36. The van der Waals surface area contributed by atoms with Gasteiger partial charge in [0.1, 0.15) is 43.2 Å². The Morgan fingerprint density at radius 1 is 0.492 bits per heavy atom. The van der Waals surface area contributed by atoms with Gasteiger partial charge in [0.25, 0.3) is 0 Å². The van der Waals surface area contributed by atoms with Gasteiger partial charge in [-0.1, -0.05) is 180 Å². The molecule has 8 atom stereocenters. The highest BCUT2D eigenvalue weighted by Crippen LogP contribution is 2.47. The summed E-state index contributed by atoms with van der Waals surface area (Å²) in [7, 11) is -5.11. The van der Waals surface area contributed by atoms with Crippen LogP contribution in [0.4, 0.5) is 0 Å². The van der Waals surface area contributed by atoms with Crippen molar-refractivity contribution < 1.29 is 63.1 Å². The first kappa shape index (κ1) is 57.6. The van der Waals surface area contributed by atoms with Crippen molar-refractivity contribution in [2.45, 2.75) is 262 Å². The topological polar surface area (TPSA) is 210 Å². The Labute approximate surface area is 369 Å². The average molecular weight is 893 g/mol. The van der Waals surface area contributed by atoms with Gasteiger partial charge in [0.15, 0.2) is 6.10 Å². The Bertz CT molecular complexity index is 1120. The van der Waals surface area contributed by atoms with E-state index in [1.165, 1.54) is 135 Å². The summed E-state index contributed by atoms with van der Waals surface area (Å²) in [5, 5.41) is 50.1. The molecule has 14 heteroatoms. The maximum atomic E-state index is 12.8. The highest BCUT2D eigenvalue weighted by Gasteiger charge is 2.51. The van der Waals surface area contributed by atoms with Gasteiger partial charge < -0.3 is 39.9 Å². The van der Waals surface area contributed by atoms with E-state index in [-0.39, 0.29) is 12.8 Å². The van der Waals surface area contributed by atoms with E-state index in [1.807, 2.05) is 0 Å². The number of hydrogen-bond acceptors (Lipinski definition) is 12. The van der Waals surface area contributed by atoms with Crippen LogP contribution in [0.25, 0.3) is 0 Å². The number of aliphatic hydroxyl groups excluding tert-OH is 5. The number of phosphoric acid groups is 1. The minimum absolute atomic E-state index is 0.102. The molecule has 1 aliphatic carbocycles. The number of esters is 2. The van der Waals surface area contributed by atoms with E-state index in [0.717, 1.165) is 44.9 Å². The Morgan fingerprint density at radius 3 is 1.25 bits per heavy atom. The monoisotopic (exact) mass is 893 g/mol. The number of rotatable bonds is 41. The van der Waals surface area contributed by atoms with Gasteiger partial charge in [-0.05, 0) is 38.5 Å². The van der Waals surface area contributed by atoms with Crippen molar-refractivity contribution in [3.63, 3.8) is 0 Å². The molecule has 0 aromatic rings. The number of ether oxygens (including phenoxy) is 2. The molecule has 1 rings (SSSR count). The Morgan fingerprint density at radius 2 is 0.836 bits per heavy atom. The molecule has 0 radical (unpaired) electrons. The van der Waals surface area contributed by atoms with Crippen molar-refractivity contribution >= 4 is 19.8 Å². The maximum Gasteiger partial charge on any atom is 0.472 e. The molecule has 0 bridgehead atoms. The Hall–Kier alpha value is -1.41. The molecule has 0 heterocycles. The van der Waals surface area contributed by atoms with E-state index in [2.05, 4.69) is 26.0 Å². The van der Waals surface area contributed by atoms with Crippen LogP contribution in [-0.2, 0) is 32.7 Å². The summed E-state index contributed by atoms with van der Waals surface area (Å²) in [5.74, 6) is -1.09. The zero-order valence-corrected chi connectivity index (χ0v) is 39.1. The lowest BCUT2D eigenvalue weighted by Crippen LogP contribution is -2.64. The third kappa shape index (κ3) is 30.4. The number of hydrogen-bond donors (Lipinski definition) is 6. The molecule has 0 spiro atoms. The van der Waals surface area contributed by atoms with Crippen molar-refractivity contribution in [2.24, 2.45) is 0 Å². The summed E-state index contributed by atoms with van der Waals surface area (Å²) < 4.78 is 33.5. The van der Waals surface area contributed by atoms with Crippen molar-refractivity contribution in [1.82, 2.24) is 0 Å². The molecule has 6 unspecified atom stereocenters. The van der Waals surface area contributed by atoms with E-state index in [9.17, 15) is 44.6 Å². The van der Waals surface area contributed by atoms with Crippen LogP contribution in [0.3, 0.4) is 0 Å². The van der Waals surface area contributed by atoms with Crippen LogP contribution in [0.2, 0.25) is 0 Å². The molecule has 61 heavy (non-hydrogen) atoms. The van der Waals surface area contributed by atoms with Crippen molar-refractivity contribution in [1.29, 1.82) is 0 Å². The molecule has 1 aliphatic rings. The predicted molar refractivity (Wildman–Crippen MR) is 240 cm³/mol. The van der Waals surface area contributed by atoms with Crippen molar-refractivity contribution in [2.75, 3.05) is 13.2 Å². The average Bonchev–Trinajstić information content (AvgIpc) is 3.24. The fraction of sp³-hybridized carbons (Fsp3) is 0.915. The molecule has 0 amide bonds. The molecular weight excluding hydrogens is 803 g/mol. The van der Waals surface area contributed by atoms with E-state index in [4.69, 9.17) is 18.5 Å². The van der Waals surface area contributed by atoms with Gasteiger partial charge in [-0.15, -0.1) is 0 Å². The van der Waals surface area contributed by atoms with Gasteiger partial charge in [-0.25, -0.2) is 4.57 Å². The largest absolute Gasteiger partial charge is 0.472 e. The van der Waals surface area contributed by atoms with Gasteiger partial charge in [0.2, 0.25) is 0 Å². The van der Waals surface area contributed by atoms with Crippen LogP contribution < -0.4 is 0 Å². The smallest absolute Gasteiger partial charge is 0.462 e. The highest BCUT2D eigenvalue weighted by molar-refractivity contribution is 7.47. The summed E-state index contributed by atoms with van der Waals surface area (Å²) in [6.07, 6.45) is 27.0. The molecule has 1 saturated carbocycles. The fourth-order valence-corrected chi connectivity index (χ4v) is 8.61. The summed E-state index contributed by atoms with van der Waals surface area (Å²) >= 11 is 0. The van der Waals surface area contributed by atoms with Crippen LogP contribution in [0.5, 0.6) is 0 Å². The molecule has 0 saturated heterocycles. The summed E-state index contributed by atoms with van der Waals surface area (Å²) in [6.45, 7) is 3.30. The first-order chi connectivity index (χ1) is 29.4. The number of aliphatic hydroxyl groups is 5. The fourth-order valence-electron chi connectivity index (χ4n) is 7.64. The van der Waals surface area contributed by atoms with E-state index >= 15 is 0 Å². The quantitative estimate of drug-likeness (QED) is 0.0146. The van der Waals surface area contributed by atoms with Gasteiger partial charge in [-0.3, -0.25) is 18.6 Å². The lowest BCUT2D eigenvalue weighted by molar-refractivity contribution is -0.220. The summed E-state index contributed by atoms with van der Waals surface area (Å²) in [6, 6.07) is 0. The van der Waals surface area contributed by atoms with Gasteiger partial charge in [0, 0.05) is 12.8 Å². The highest BCUT2D eigenvalue weighted by atomic mass is 31.2. The third-order valence-corrected chi connectivity index (χ3v) is 12.6. The first-order valence-electron chi connectivity index (χ1n) is 24.5. The molecule has 13 nitrogen and oxygen atoms in total. The normalized spacial score (nSPS) is 22.0. The molecule has 6 N–H and O–H groups in total. The number of carbonyl (C=O) groups excluding carboxylic acids is 2. The van der Waals surface area contributed by atoms with Gasteiger partial charge in [-0.2, -0.15) is 0 Å². The second-order valence-electron chi connectivity index (χ2n) is 17.3. The number of phosphoric ester groups is 1. The van der Waals surface area contributed by atoms with Crippen LogP contribution in [-0.4, -0.2) is 98.3 Å². The first-order valence-corrected chi connectivity index (χ1v) is 26.0. The number of allylic oxidation sites excluding steroid dienone is 2. The minimum atomic E-state index is -5.11. The molecule has 1 fully saturated rings. The SMILES string of the molecule is CCCCCCCC/C=C/CCCCCCCCCCCCCC(=O)OC[C@H](COP(=O)(O)OC1C(O)C(O)C(O)[C@@H](O)C1O)OC(=O)CCCCCCCCCCCCC. The molecular formula is C47H89O13P. The lowest BCUT2D eigenvalue weighted by Gasteiger charge is -2.41. The molecule has 0 aromatic carbocycles. The van der Waals surface area contributed by atoms with Crippen LogP contribution in [0.15, 0.2) is 12.2 Å². The maximum absolute atomic E-state index is 12.8. The summed E-state index contributed by atoms with van der Waals surface area (Å²) in [5.41, 5.74) is 0. The van der Waals surface area contributed by atoms with Gasteiger partial charge >= 0.3 is 19.8 Å². The van der Waals surface area contributed by atoms with E-state index in [0.29, 0.717) is 12.8 Å². The van der Waals surface area contributed by atoms with E-state index in [1.54, 1.807) is 0 Å². The van der Waals surface area contributed by atoms with Crippen molar-refractivity contribution in [3.8, 4) is 0 Å². The zero-order chi connectivity index (χ0) is 45.0. The van der Waals surface area contributed by atoms with Crippen LogP contribution >= 0.6 is 7.82 Å². The second-order valence-corrected chi connectivity index (χ2v) is 18.7. The molecule has 360 valence electrons. The second kappa shape index (κ2) is 37.9. The predicted octanol–water partition coefficient (Wildman–Crippen LogP) is 9.84. The van der Waals surface area contributed by atoms with Crippen molar-refractivity contribution in [3.05, 3.63) is 12.2 Å². The van der Waals surface area contributed by atoms with Crippen LogP contribution in [0.1, 0.15) is 219 Å². The molecule has 0 aromatic heterocycles. The zero-order valence-electron chi connectivity index (χ0n) is 38.2. The number of unbranched alkanes of at least 4 members (excludes halogenated alkanes) is 27. The Kier molecular flexibility index (Phi) is 35.8. The minimum Gasteiger partial charge on any atom is -0.462 e. The number of carbonyl (C=O) groups is 2. The standard InChI is InChI=1S/C47H89O13P/c1-3-5-7-9-11-13-15-16-17-18-19-20-21-22-23-24-26-27-29-31-33-35-40(48)57-37-39(59-41(49)36-34-32-30-28-25-14-12-10-8-6-4-2)38-58-61(55,56)60-47-45(53)43(51)42(50)44(52)46(47)54/h16-17,39,42-47,50-54H,3-15,18-38H2,1-2H3,(H,55,56)/b17-16+/t39-,42?,43-,44?,45?,46?,47?/m1/s1.